The van der Waals surface area contributed by atoms with Crippen LogP contribution in [0.5, 0.6) is 5.75 Å². The number of nitrogens with zero attached hydrogens (tertiary/aromatic N) is 1. The number of phenols is 1. The molecule has 0 radical (unpaired) electrons. The smallest absolute Gasteiger partial charge is 0.335 e. The van der Waals surface area contributed by atoms with Crippen LogP contribution >= 0.6 is 11.3 Å². The molecule has 1 heterocycles. The van der Waals surface area contributed by atoms with Gasteiger partial charge in [-0.15, -0.1) is 11.3 Å². The number of aromatic carboxylic acids is 1. The fraction of sp³-hybridized carbons (Fsp3) is 0.0833. The number of aromatic nitrogens is 1. The lowest BCUT2D eigenvalue weighted by Crippen LogP contribution is -2.10. The summed E-state index contributed by atoms with van der Waals surface area (Å²) in [4.78, 5) is 26.9. The number of benzene rings is 1. The van der Waals surface area contributed by atoms with Gasteiger partial charge in [-0.25, -0.2) is 9.78 Å². The Morgan fingerprint density at radius 1 is 1.37 bits per heavy atom. The van der Waals surface area contributed by atoms with Gasteiger partial charge in [0.1, 0.15) is 10.6 Å². The summed E-state index contributed by atoms with van der Waals surface area (Å²) >= 11 is 1.23. The van der Waals surface area contributed by atoms with Crippen LogP contribution in [0.4, 0.5) is 5.69 Å². The van der Waals surface area contributed by atoms with E-state index in [1.165, 1.54) is 29.7 Å². The number of nitrogens with one attached hydrogen (secondary N) is 1. The van der Waals surface area contributed by atoms with Crippen molar-refractivity contribution < 1.29 is 19.8 Å². The number of hydrogen-bond donors (Lipinski definition) is 3. The molecule has 0 aliphatic rings. The van der Waals surface area contributed by atoms with Gasteiger partial charge in [-0.05, 0) is 25.1 Å². The van der Waals surface area contributed by atoms with Crippen LogP contribution in [0.25, 0.3) is 0 Å². The SMILES string of the molecule is Cc1ncc(C(=O)Nc2ccc(C(=O)O)cc2O)s1. The first-order valence-electron chi connectivity index (χ1n) is 5.27. The molecule has 6 nitrogen and oxygen atoms in total. The summed E-state index contributed by atoms with van der Waals surface area (Å²) in [7, 11) is 0. The van der Waals surface area contributed by atoms with Gasteiger partial charge in [-0.1, -0.05) is 0 Å². The summed E-state index contributed by atoms with van der Waals surface area (Å²) in [5, 5.41) is 21.7. The fourth-order valence-corrected chi connectivity index (χ4v) is 2.09. The highest BCUT2D eigenvalue weighted by Crippen LogP contribution is 2.25. The molecule has 19 heavy (non-hydrogen) atoms. The van der Waals surface area contributed by atoms with Crippen molar-refractivity contribution in [1.82, 2.24) is 4.98 Å². The number of amides is 1. The van der Waals surface area contributed by atoms with Gasteiger partial charge in [-0.3, -0.25) is 4.79 Å². The minimum absolute atomic E-state index is 0.0517. The van der Waals surface area contributed by atoms with E-state index in [1.807, 2.05) is 0 Å². The van der Waals surface area contributed by atoms with Gasteiger partial charge < -0.3 is 15.5 Å². The minimum Gasteiger partial charge on any atom is -0.506 e. The van der Waals surface area contributed by atoms with Crippen molar-refractivity contribution in [2.24, 2.45) is 0 Å². The van der Waals surface area contributed by atoms with Crippen molar-refractivity contribution in [1.29, 1.82) is 0 Å². The highest BCUT2D eigenvalue weighted by Gasteiger charge is 2.13. The van der Waals surface area contributed by atoms with Crippen LogP contribution in [-0.2, 0) is 0 Å². The second kappa shape index (κ2) is 5.07. The molecule has 2 rings (SSSR count). The number of thiazole rings is 1. The molecule has 0 fully saturated rings. The van der Waals surface area contributed by atoms with Crippen LogP contribution < -0.4 is 5.32 Å². The van der Waals surface area contributed by atoms with Crippen LogP contribution in [0.3, 0.4) is 0 Å². The van der Waals surface area contributed by atoms with Gasteiger partial charge in [0.25, 0.3) is 5.91 Å². The Balaban J connectivity index is 2.20. The molecule has 0 unspecified atom stereocenters. The second-order valence-electron chi connectivity index (χ2n) is 3.73. The van der Waals surface area contributed by atoms with Crippen molar-refractivity contribution in [3.63, 3.8) is 0 Å². The average Bonchev–Trinajstić information content (AvgIpc) is 2.78. The summed E-state index contributed by atoms with van der Waals surface area (Å²) in [6.07, 6.45) is 1.44. The summed E-state index contributed by atoms with van der Waals surface area (Å²) < 4.78 is 0. The second-order valence-corrected chi connectivity index (χ2v) is 4.97. The summed E-state index contributed by atoms with van der Waals surface area (Å²) in [6, 6.07) is 3.72. The number of aryl methyl sites for hydroxylation is 1. The van der Waals surface area contributed by atoms with Gasteiger partial charge in [-0.2, -0.15) is 0 Å². The van der Waals surface area contributed by atoms with E-state index in [2.05, 4.69) is 10.3 Å². The Hall–Kier alpha value is -2.41. The van der Waals surface area contributed by atoms with Crippen molar-refractivity contribution in [2.75, 3.05) is 5.32 Å². The number of aromatic hydroxyl groups is 1. The Bertz CT molecular complexity index is 651. The molecule has 2 aromatic rings. The van der Waals surface area contributed by atoms with Crippen molar-refractivity contribution in [3.8, 4) is 5.75 Å². The minimum atomic E-state index is -1.15. The number of anilines is 1. The van der Waals surface area contributed by atoms with E-state index in [-0.39, 0.29) is 17.0 Å². The van der Waals surface area contributed by atoms with Crippen LogP contribution in [-0.4, -0.2) is 27.1 Å². The van der Waals surface area contributed by atoms with Crippen molar-refractivity contribution in [3.05, 3.63) is 39.8 Å². The highest BCUT2D eigenvalue weighted by molar-refractivity contribution is 7.13. The topological polar surface area (TPSA) is 99.5 Å². The van der Waals surface area contributed by atoms with Crippen LogP contribution in [0, 0.1) is 6.92 Å². The molecule has 98 valence electrons. The molecule has 1 aromatic heterocycles. The molecular weight excluding hydrogens is 268 g/mol. The zero-order valence-electron chi connectivity index (χ0n) is 9.88. The zero-order chi connectivity index (χ0) is 14.0. The standard InChI is InChI=1S/C12H10N2O4S/c1-6-13-5-10(19-6)11(16)14-8-3-2-7(12(17)18)4-9(8)15/h2-5,15H,1H3,(H,14,16)(H,17,18). The first kappa shape index (κ1) is 13.0. The summed E-state index contributed by atoms with van der Waals surface area (Å²) in [5.74, 6) is -1.84. The molecular formula is C12H10N2O4S. The van der Waals surface area contributed by atoms with Gasteiger partial charge in [0.05, 0.1) is 22.5 Å². The highest BCUT2D eigenvalue weighted by atomic mass is 32.1. The van der Waals surface area contributed by atoms with E-state index in [1.54, 1.807) is 6.92 Å². The van der Waals surface area contributed by atoms with Gasteiger partial charge in [0, 0.05) is 0 Å². The van der Waals surface area contributed by atoms with E-state index in [4.69, 9.17) is 5.11 Å². The molecule has 3 N–H and O–H groups in total. The molecule has 1 amide bonds. The van der Waals surface area contributed by atoms with Gasteiger partial charge in [0.15, 0.2) is 0 Å². The van der Waals surface area contributed by atoms with E-state index in [9.17, 15) is 14.7 Å². The van der Waals surface area contributed by atoms with E-state index < -0.39 is 11.9 Å². The predicted molar refractivity (Wildman–Crippen MR) is 69.9 cm³/mol. The van der Waals surface area contributed by atoms with Crippen LogP contribution in [0.2, 0.25) is 0 Å². The molecule has 0 spiro atoms. The Labute approximate surface area is 112 Å². The molecule has 0 aliphatic heterocycles. The largest absolute Gasteiger partial charge is 0.506 e. The summed E-state index contributed by atoms with van der Waals surface area (Å²) in [5.41, 5.74) is 0.102. The maximum Gasteiger partial charge on any atom is 0.335 e. The number of carbonyl (C=O) groups is 2. The Morgan fingerprint density at radius 2 is 2.11 bits per heavy atom. The number of carbonyl (C=O) groups excluding carboxylic acids is 1. The molecule has 0 aliphatic carbocycles. The van der Waals surface area contributed by atoms with Crippen molar-refractivity contribution in [2.45, 2.75) is 6.92 Å². The van der Waals surface area contributed by atoms with E-state index >= 15 is 0 Å². The van der Waals surface area contributed by atoms with E-state index in [0.29, 0.717) is 4.88 Å². The van der Waals surface area contributed by atoms with Gasteiger partial charge in [0.2, 0.25) is 0 Å². The monoisotopic (exact) mass is 278 g/mol. The Morgan fingerprint density at radius 3 is 2.63 bits per heavy atom. The third kappa shape index (κ3) is 2.89. The molecule has 7 heteroatoms. The number of phenolic OH excluding ortho intramolecular Hbond substituents is 1. The van der Waals surface area contributed by atoms with E-state index in [0.717, 1.165) is 11.1 Å². The summed E-state index contributed by atoms with van der Waals surface area (Å²) in [6.45, 7) is 1.78. The molecule has 0 bridgehead atoms. The zero-order valence-corrected chi connectivity index (χ0v) is 10.7. The average molecular weight is 278 g/mol. The number of carboxylic acids is 1. The van der Waals surface area contributed by atoms with Crippen LogP contribution in [0.15, 0.2) is 24.4 Å². The van der Waals surface area contributed by atoms with Gasteiger partial charge >= 0.3 is 5.97 Å². The first-order valence-corrected chi connectivity index (χ1v) is 6.09. The van der Waals surface area contributed by atoms with Crippen LogP contribution in [0.1, 0.15) is 25.0 Å². The molecule has 0 atom stereocenters. The maximum absolute atomic E-state index is 11.8. The predicted octanol–water partition coefficient (Wildman–Crippen LogP) is 2.11. The first-order chi connectivity index (χ1) is 8.97. The van der Waals surface area contributed by atoms with Crippen molar-refractivity contribution >= 4 is 28.9 Å². The lowest BCUT2D eigenvalue weighted by Gasteiger charge is -2.06. The third-order valence-corrected chi connectivity index (χ3v) is 3.25. The third-order valence-electron chi connectivity index (χ3n) is 2.34. The number of hydrogen-bond acceptors (Lipinski definition) is 5. The number of carboxylic acid groups (broad SMARTS) is 1. The lowest BCUT2D eigenvalue weighted by atomic mass is 10.2. The normalized spacial score (nSPS) is 10.2. The molecule has 1 aromatic carbocycles. The number of rotatable bonds is 3. The molecule has 0 saturated carbocycles. The quantitative estimate of drug-likeness (QED) is 0.747. The molecule has 0 saturated heterocycles. The Kier molecular flexibility index (Phi) is 3.48. The lowest BCUT2D eigenvalue weighted by molar-refractivity contribution is 0.0696. The maximum atomic E-state index is 11.8. The fourth-order valence-electron chi connectivity index (χ4n) is 1.42.